The van der Waals surface area contributed by atoms with E-state index in [1.807, 2.05) is 18.2 Å². The van der Waals surface area contributed by atoms with Crippen molar-refractivity contribution < 1.29 is 9.84 Å². The van der Waals surface area contributed by atoms with Crippen LogP contribution in [0.15, 0.2) is 18.2 Å². The van der Waals surface area contributed by atoms with Crippen LogP contribution in [-0.4, -0.2) is 16.3 Å². The van der Waals surface area contributed by atoms with Crippen LogP contribution in [0.3, 0.4) is 0 Å². The third-order valence-electron chi connectivity index (χ3n) is 5.02. The van der Waals surface area contributed by atoms with E-state index < -0.39 is 5.60 Å². The number of aliphatic hydroxyl groups is 1. The van der Waals surface area contributed by atoms with Gasteiger partial charge in [-0.25, -0.2) is 0 Å². The highest BCUT2D eigenvalue weighted by atomic mass is 16.5. The van der Waals surface area contributed by atoms with Crippen molar-refractivity contribution in [3.8, 4) is 0 Å². The minimum atomic E-state index is -0.791. The fourth-order valence-electron chi connectivity index (χ4n) is 4.37. The van der Waals surface area contributed by atoms with Gasteiger partial charge in [0, 0.05) is 11.6 Å². The lowest BCUT2D eigenvalue weighted by molar-refractivity contribution is -0.116. The molecular weight excluding hydrogens is 250 g/mol. The second kappa shape index (κ2) is 3.99. The largest absolute Gasteiger partial charge is 0.399 e. The number of hydrogen-bond donors (Lipinski definition) is 2. The summed E-state index contributed by atoms with van der Waals surface area (Å²) in [6.07, 6.45) is 2.53. The second-order valence-electron chi connectivity index (χ2n) is 7.56. The van der Waals surface area contributed by atoms with Gasteiger partial charge in [-0.05, 0) is 70.2 Å². The number of anilines is 1. The van der Waals surface area contributed by atoms with Crippen LogP contribution in [-0.2, 0) is 16.8 Å². The van der Waals surface area contributed by atoms with Crippen molar-refractivity contribution >= 4 is 5.69 Å². The molecule has 0 spiro atoms. The summed E-state index contributed by atoms with van der Waals surface area (Å²) in [5.41, 5.74) is 7.58. The molecule has 0 aromatic heterocycles. The number of rotatable bonds is 1. The van der Waals surface area contributed by atoms with Crippen LogP contribution in [0.4, 0.5) is 5.69 Å². The predicted molar refractivity (Wildman–Crippen MR) is 80.4 cm³/mol. The third-order valence-corrected chi connectivity index (χ3v) is 5.02. The first-order valence-corrected chi connectivity index (χ1v) is 7.45. The zero-order valence-corrected chi connectivity index (χ0v) is 12.9. The second-order valence-corrected chi connectivity index (χ2v) is 7.56. The zero-order chi connectivity index (χ0) is 14.8. The van der Waals surface area contributed by atoms with Gasteiger partial charge in [-0.3, -0.25) is 0 Å². The average Bonchev–Trinajstić information content (AvgIpc) is 2.74. The van der Waals surface area contributed by atoms with Crippen molar-refractivity contribution in [3.63, 3.8) is 0 Å². The van der Waals surface area contributed by atoms with Gasteiger partial charge in [0.05, 0.1) is 16.8 Å². The van der Waals surface area contributed by atoms with E-state index in [1.165, 1.54) is 5.56 Å². The molecule has 110 valence electrons. The Hall–Kier alpha value is -1.06. The molecule has 2 unspecified atom stereocenters. The number of nitrogens with two attached hydrogens (primary N) is 1. The monoisotopic (exact) mass is 275 g/mol. The highest BCUT2D eigenvalue weighted by molar-refractivity contribution is 5.49. The average molecular weight is 275 g/mol. The first-order chi connectivity index (χ1) is 9.14. The number of aryl methyl sites for hydroxylation is 1. The summed E-state index contributed by atoms with van der Waals surface area (Å²) in [7, 11) is 0. The molecule has 1 aliphatic carbocycles. The van der Waals surface area contributed by atoms with Gasteiger partial charge in [-0.2, -0.15) is 0 Å². The smallest absolute Gasteiger partial charge is 0.0958 e. The molecule has 3 heteroatoms. The van der Waals surface area contributed by atoms with Gasteiger partial charge in [0.15, 0.2) is 0 Å². The molecule has 3 nitrogen and oxygen atoms in total. The molecule has 20 heavy (non-hydrogen) atoms. The number of nitrogen functional groups attached to an aromatic ring is 1. The van der Waals surface area contributed by atoms with Gasteiger partial charge in [-0.15, -0.1) is 0 Å². The Morgan fingerprint density at radius 1 is 1.25 bits per heavy atom. The summed E-state index contributed by atoms with van der Waals surface area (Å²) in [4.78, 5) is 0. The van der Waals surface area contributed by atoms with Gasteiger partial charge in [0.2, 0.25) is 0 Å². The first-order valence-electron chi connectivity index (χ1n) is 7.45. The number of benzene rings is 1. The molecule has 1 aromatic carbocycles. The van der Waals surface area contributed by atoms with Gasteiger partial charge in [-0.1, -0.05) is 6.07 Å². The molecule has 2 aliphatic rings. The van der Waals surface area contributed by atoms with Gasteiger partial charge < -0.3 is 15.6 Å². The molecule has 1 heterocycles. The van der Waals surface area contributed by atoms with E-state index in [0.717, 1.165) is 30.5 Å². The van der Waals surface area contributed by atoms with Crippen molar-refractivity contribution in [2.45, 2.75) is 63.8 Å². The van der Waals surface area contributed by atoms with Crippen LogP contribution in [0.25, 0.3) is 0 Å². The molecule has 0 saturated carbocycles. The van der Waals surface area contributed by atoms with Crippen molar-refractivity contribution in [1.29, 1.82) is 0 Å². The quantitative estimate of drug-likeness (QED) is 0.775. The molecule has 0 radical (unpaired) electrons. The third kappa shape index (κ3) is 1.95. The summed E-state index contributed by atoms with van der Waals surface area (Å²) in [5, 5.41) is 11.4. The topological polar surface area (TPSA) is 55.5 Å². The Labute approximate surface area is 121 Å². The molecular formula is C17H25NO2. The van der Waals surface area contributed by atoms with Gasteiger partial charge in [0.25, 0.3) is 0 Å². The highest BCUT2D eigenvalue weighted by Gasteiger charge is 2.57. The van der Waals surface area contributed by atoms with Crippen LogP contribution in [0.2, 0.25) is 0 Å². The lowest BCUT2D eigenvalue weighted by Gasteiger charge is -2.38. The summed E-state index contributed by atoms with van der Waals surface area (Å²) < 4.78 is 6.18. The summed E-state index contributed by atoms with van der Waals surface area (Å²) in [6.45, 7) is 8.41. The summed E-state index contributed by atoms with van der Waals surface area (Å²) in [5.74, 6) is 0.106. The van der Waals surface area contributed by atoms with E-state index >= 15 is 0 Å². The lowest BCUT2D eigenvalue weighted by Crippen LogP contribution is -2.43. The molecule has 1 saturated heterocycles. The van der Waals surface area contributed by atoms with Crippen LogP contribution in [0.5, 0.6) is 0 Å². The van der Waals surface area contributed by atoms with Crippen LogP contribution >= 0.6 is 0 Å². The van der Waals surface area contributed by atoms with Crippen LogP contribution in [0, 0.1) is 5.92 Å². The van der Waals surface area contributed by atoms with Crippen molar-refractivity contribution in [1.82, 2.24) is 0 Å². The number of fused-ring (bicyclic) bond motifs is 1. The van der Waals surface area contributed by atoms with Crippen molar-refractivity contribution in [2.75, 3.05) is 5.73 Å². The number of hydrogen-bond acceptors (Lipinski definition) is 3. The van der Waals surface area contributed by atoms with Crippen LogP contribution < -0.4 is 5.73 Å². The summed E-state index contributed by atoms with van der Waals surface area (Å²) in [6, 6.07) is 5.89. The fraction of sp³-hybridized carbons (Fsp3) is 0.647. The minimum Gasteiger partial charge on any atom is -0.399 e. The van der Waals surface area contributed by atoms with E-state index in [2.05, 4.69) is 27.7 Å². The normalized spacial score (nSPS) is 34.1. The first kappa shape index (κ1) is 13.9. The molecule has 2 atom stereocenters. The Bertz CT molecular complexity index is 550. The Kier molecular flexibility index (Phi) is 2.77. The van der Waals surface area contributed by atoms with E-state index in [4.69, 9.17) is 10.5 Å². The molecule has 1 fully saturated rings. The molecule has 0 amide bonds. The van der Waals surface area contributed by atoms with E-state index in [1.54, 1.807) is 0 Å². The van der Waals surface area contributed by atoms with Crippen molar-refractivity contribution in [3.05, 3.63) is 29.3 Å². The highest BCUT2D eigenvalue weighted by Crippen LogP contribution is 2.54. The molecule has 0 bridgehead atoms. The summed E-state index contributed by atoms with van der Waals surface area (Å²) >= 11 is 0. The van der Waals surface area contributed by atoms with Crippen LogP contribution in [0.1, 0.15) is 51.7 Å². The maximum Gasteiger partial charge on any atom is 0.0958 e. The fourth-order valence-corrected chi connectivity index (χ4v) is 4.37. The Morgan fingerprint density at radius 3 is 2.55 bits per heavy atom. The van der Waals surface area contributed by atoms with Gasteiger partial charge >= 0.3 is 0 Å². The SMILES string of the molecule is CC1(C)CC(C2(O)CCc3cc(N)ccc32)C(C)(C)O1. The Balaban J connectivity index is 2.04. The molecule has 1 aromatic rings. The molecule has 3 N–H and O–H groups in total. The zero-order valence-electron chi connectivity index (χ0n) is 12.9. The molecule has 3 rings (SSSR count). The predicted octanol–water partition coefficient (Wildman–Crippen LogP) is 3.00. The van der Waals surface area contributed by atoms with E-state index in [9.17, 15) is 5.11 Å². The van der Waals surface area contributed by atoms with Gasteiger partial charge in [0.1, 0.15) is 0 Å². The molecule has 1 aliphatic heterocycles. The Morgan fingerprint density at radius 2 is 1.95 bits per heavy atom. The lowest BCUT2D eigenvalue weighted by atomic mass is 9.72. The van der Waals surface area contributed by atoms with E-state index in [-0.39, 0.29) is 17.1 Å². The minimum absolute atomic E-state index is 0.106. The number of ether oxygens (including phenoxy) is 1. The standard InChI is InChI=1S/C17H25NO2/c1-15(2)10-14(16(3,4)20-15)17(19)8-7-11-9-12(18)5-6-13(11)17/h5-6,9,14,19H,7-8,10,18H2,1-4H3. The van der Waals surface area contributed by atoms with Crippen molar-refractivity contribution in [2.24, 2.45) is 5.92 Å². The van der Waals surface area contributed by atoms with E-state index in [0.29, 0.717) is 0 Å². The maximum atomic E-state index is 11.4. The maximum absolute atomic E-state index is 11.4.